The second-order valence-electron chi connectivity index (χ2n) is 7.13. The van der Waals surface area contributed by atoms with E-state index in [1.54, 1.807) is 18.4 Å². The van der Waals surface area contributed by atoms with Crippen LogP contribution < -0.4 is 4.74 Å². The van der Waals surface area contributed by atoms with E-state index >= 15 is 0 Å². The molecule has 0 bridgehead atoms. The van der Waals surface area contributed by atoms with Crippen molar-refractivity contribution in [2.75, 3.05) is 7.11 Å². The van der Waals surface area contributed by atoms with Crippen molar-refractivity contribution in [2.24, 2.45) is 0 Å². The second kappa shape index (κ2) is 9.25. The largest absolute Gasteiger partial charge is 0.497 e. The van der Waals surface area contributed by atoms with Gasteiger partial charge in [0.15, 0.2) is 0 Å². The fourth-order valence-corrected chi connectivity index (χ4v) is 4.96. The maximum Gasteiger partial charge on any atom is 0.134 e. The van der Waals surface area contributed by atoms with Crippen molar-refractivity contribution in [1.82, 2.24) is 14.8 Å². The molecule has 0 saturated carbocycles. The first-order valence-corrected chi connectivity index (χ1v) is 11.9. The molecule has 0 N–H and O–H groups in total. The summed E-state index contributed by atoms with van der Waals surface area (Å²) in [6, 6.07) is 24.0. The van der Waals surface area contributed by atoms with Crippen LogP contribution in [0, 0.1) is 11.3 Å². The van der Waals surface area contributed by atoms with E-state index in [0.717, 1.165) is 38.8 Å². The predicted octanol–water partition coefficient (Wildman–Crippen LogP) is 6.80. The third-order valence-corrected chi connectivity index (χ3v) is 6.82. The molecule has 0 radical (unpaired) electrons. The molecule has 2 aromatic carbocycles. The van der Waals surface area contributed by atoms with Gasteiger partial charge in [-0.1, -0.05) is 24.3 Å². The molecule has 0 atom stereocenters. The molecule has 0 unspecified atom stereocenters. The zero-order chi connectivity index (χ0) is 22.6. The van der Waals surface area contributed by atoms with Gasteiger partial charge in [-0.2, -0.15) is 10.4 Å². The fourth-order valence-electron chi connectivity index (χ4n) is 3.41. The number of benzene rings is 2. The van der Waals surface area contributed by atoms with Crippen molar-refractivity contribution in [3.05, 3.63) is 94.3 Å². The summed E-state index contributed by atoms with van der Waals surface area (Å²) >= 11 is 3.11. The molecule has 0 fully saturated rings. The summed E-state index contributed by atoms with van der Waals surface area (Å²) in [5.74, 6) is 0.778. The van der Waals surface area contributed by atoms with Crippen LogP contribution >= 0.6 is 22.7 Å². The summed E-state index contributed by atoms with van der Waals surface area (Å²) in [6.07, 6.45) is 3.81. The molecule has 5 rings (SSSR count). The van der Waals surface area contributed by atoms with Crippen LogP contribution in [0.2, 0.25) is 0 Å². The molecule has 0 aliphatic carbocycles. The topological polar surface area (TPSA) is 63.7 Å². The number of hydrogen-bond acceptors (Lipinski definition) is 6. The molecular formula is C26H18N4OS2. The molecular weight excluding hydrogens is 448 g/mol. The highest BCUT2D eigenvalue weighted by molar-refractivity contribution is 7.14. The van der Waals surface area contributed by atoms with Crippen LogP contribution in [0.1, 0.15) is 10.6 Å². The lowest BCUT2D eigenvalue weighted by molar-refractivity contribution is 0.415. The summed E-state index contributed by atoms with van der Waals surface area (Å²) in [5, 5.41) is 19.5. The highest BCUT2D eigenvalue weighted by Gasteiger charge is 2.15. The fraction of sp³-hybridized carbons (Fsp3) is 0.0385. The van der Waals surface area contributed by atoms with Crippen molar-refractivity contribution in [2.45, 2.75) is 0 Å². The van der Waals surface area contributed by atoms with Crippen LogP contribution in [0.3, 0.4) is 0 Å². The third-order valence-electron chi connectivity index (χ3n) is 5.06. The van der Waals surface area contributed by atoms with Gasteiger partial charge in [-0.3, -0.25) is 0 Å². The molecule has 7 heteroatoms. The minimum atomic E-state index is 0.505. The molecule has 5 nitrogen and oxygen atoms in total. The minimum absolute atomic E-state index is 0.505. The van der Waals surface area contributed by atoms with E-state index in [-0.39, 0.29) is 0 Å². The van der Waals surface area contributed by atoms with E-state index in [1.165, 1.54) is 11.3 Å². The van der Waals surface area contributed by atoms with Gasteiger partial charge in [-0.15, -0.1) is 22.7 Å². The lowest BCUT2D eigenvalue weighted by atomic mass is 10.1. The highest BCUT2D eigenvalue weighted by atomic mass is 32.1. The summed E-state index contributed by atoms with van der Waals surface area (Å²) in [5.41, 5.74) is 4.90. The molecule has 0 saturated heterocycles. The van der Waals surface area contributed by atoms with Gasteiger partial charge in [0.1, 0.15) is 16.8 Å². The van der Waals surface area contributed by atoms with Crippen LogP contribution in [0.4, 0.5) is 0 Å². The Bertz CT molecular complexity index is 1440. The molecule has 160 valence electrons. The summed E-state index contributed by atoms with van der Waals surface area (Å²) in [4.78, 5) is 5.79. The number of thiazole rings is 1. The van der Waals surface area contributed by atoms with E-state index in [9.17, 15) is 5.26 Å². The molecule has 3 heterocycles. The van der Waals surface area contributed by atoms with Gasteiger partial charge in [0, 0.05) is 22.7 Å². The van der Waals surface area contributed by atoms with E-state index in [2.05, 4.69) is 6.07 Å². The number of ether oxygens (including phenoxy) is 1. The Hall–Kier alpha value is -3.99. The number of hydrogen-bond donors (Lipinski definition) is 0. The van der Waals surface area contributed by atoms with E-state index < -0.39 is 0 Å². The van der Waals surface area contributed by atoms with Gasteiger partial charge >= 0.3 is 0 Å². The number of rotatable bonds is 6. The van der Waals surface area contributed by atoms with Crippen molar-refractivity contribution in [3.8, 4) is 39.3 Å². The molecule has 33 heavy (non-hydrogen) atoms. The average molecular weight is 467 g/mol. The first kappa shape index (κ1) is 20.9. The van der Waals surface area contributed by atoms with Crippen molar-refractivity contribution >= 4 is 34.3 Å². The number of nitrogens with zero attached hydrogens (tertiary/aromatic N) is 4. The van der Waals surface area contributed by atoms with Gasteiger partial charge in [-0.05, 0) is 53.9 Å². The maximum absolute atomic E-state index is 9.94. The quantitative estimate of drug-likeness (QED) is 0.258. The van der Waals surface area contributed by atoms with Gasteiger partial charge in [0.05, 0.1) is 34.6 Å². The number of thiophene rings is 1. The Morgan fingerprint density at radius 1 is 1.03 bits per heavy atom. The standard InChI is InChI=1S/C26H18N4OS2/c1-31-22-11-9-18(10-12-22)25-20(16-30(29-25)21-6-3-2-4-7-21)14-19(15-27)26-28-23(17-33-26)24-8-5-13-32-24/h2-14,16-17H,1H3. The molecule has 0 amide bonds. The van der Waals surface area contributed by atoms with Gasteiger partial charge in [0.2, 0.25) is 0 Å². The number of aromatic nitrogens is 3. The predicted molar refractivity (Wildman–Crippen MR) is 134 cm³/mol. The SMILES string of the molecule is COc1ccc(-c2nn(-c3ccccc3)cc2C=C(C#N)c2nc(-c3cccs3)cs2)cc1. The van der Waals surface area contributed by atoms with Gasteiger partial charge in [0.25, 0.3) is 0 Å². The molecule has 0 spiro atoms. The van der Waals surface area contributed by atoms with Crippen molar-refractivity contribution in [3.63, 3.8) is 0 Å². The molecule has 5 aromatic rings. The van der Waals surface area contributed by atoms with Gasteiger partial charge < -0.3 is 4.74 Å². The first-order chi connectivity index (χ1) is 16.2. The number of para-hydroxylation sites is 1. The maximum atomic E-state index is 9.94. The Morgan fingerprint density at radius 3 is 2.55 bits per heavy atom. The van der Waals surface area contributed by atoms with E-state index in [1.807, 2.05) is 94.4 Å². The minimum Gasteiger partial charge on any atom is -0.497 e. The first-order valence-electron chi connectivity index (χ1n) is 10.2. The average Bonchev–Trinajstić information content (AvgIpc) is 3.64. The Labute approximate surface area is 199 Å². The highest BCUT2D eigenvalue weighted by Crippen LogP contribution is 2.32. The third kappa shape index (κ3) is 4.35. The lowest BCUT2D eigenvalue weighted by Crippen LogP contribution is -1.94. The van der Waals surface area contributed by atoms with Crippen LogP contribution in [0.15, 0.2) is 83.7 Å². The van der Waals surface area contributed by atoms with E-state index in [0.29, 0.717) is 10.6 Å². The number of methoxy groups -OCH3 is 1. The van der Waals surface area contributed by atoms with Crippen LogP contribution in [0.25, 0.3) is 39.2 Å². The van der Waals surface area contributed by atoms with Gasteiger partial charge in [-0.25, -0.2) is 9.67 Å². The number of nitriles is 1. The normalized spacial score (nSPS) is 11.3. The second-order valence-corrected chi connectivity index (χ2v) is 8.93. The Balaban J connectivity index is 1.60. The molecule has 0 aliphatic rings. The van der Waals surface area contributed by atoms with Crippen LogP contribution in [-0.2, 0) is 0 Å². The monoisotopic (exact) mass is 466 g/mol. The smallest absolute Gasteiger partial charge is 0.134 e. The number of allylic oxidation sites excluding steroid dienone is 1. The van der Waals surface area contributed by atoms with Crippen molar-refractivity contribution in [1.29, 1.82) is 5.26 Å². The zero-order valence-corrected chi connectivity index (χ0v) is 19.3. The molecule has 3 aromatic heterocycles. The van der Waals surface area contributed by atoms with Crippen LogP contribution in [-0.4, -0.2) is 21.9 Å². The van der Waals surface area contributed by atoms with Crippen LogP contribution in [0.5, 0.6) is 5.75 Å². The summed E-state index contributed by atoms with van der Waals surface area (Å²) in [7, 11) is 1.64. The molecule has 0 aliphatic heterocycles. The summed E-state index contributed by atoms with van der Waals surface area (Å²) in [6.45, 7) is 0. The summed E-state index contributed by atoms with van der Waals surface area (Å²) < 4.78 is 7.13. The van der Waals surface area contributed by atoms with E-state index in [4.69, 9.17) is 14.8 Å². The Kier molecular flexibility index (Phi) is 5.85. The zero-order valence-electron chi connectivity index (χ0n) is 17.7. The Morgan fingerprint density at radius 2 is 1.85 bits per heavy atom. The van der Waals surface area contributed by atoms with Crippen molar-refractivity contribution < 1.29 is 4.74 Å². The lowest BCUT2D eigenvalue weighted by Gasteiger charge is -2.03.